The zero-order valence-corrected chi connectivity index (χ0v) is 18.0. The Hall–Kier alpha value is -2.80. The minimum atomic E-state index is -4.03. The third kappa shape index (κ3) is 3.58. The molecule has 0 spiro atoms. The normalized spacial score (nSPS) is 14.6. The SMILES string of the molecule is COc1ccc(C(=O)C2=CN(c3cc(Cl)cc(Cl)c3)c3ccccc3S2(=O)=O)cc1. The highest BCUT2D eigenvalue weighted by atomic mass is 35.5. The lowest BCUT2D eigenvalue weighted by molar-refractivity contribution is 0.104. The molecule has 0 saturated heterocycles. The van der Waals surface area contributed by atoms with E-state index in [0.717, 1.165) is 0 Å². The molecular formula is C22H15Cl2NO4S. The summed E-state index contributed by atoms with van der Waals surface area (Å²) in [5, 5.41) is 0.777. The van der Waals surface area contributed by atoms with Crippen LogP contribution in [0.4, 0.5) is 11.4 Å². The standard InChI is InChI=1S/C22H15Cl2NO4S/c1-29-18-8-6-14(7-9-18)22(26)21-13-25(17-11-15(23)10-16(24)12-17)19-4-2-3-5-20(19)30(21,27)28/h2-13H,1H3. The predicted octanol–water partition coefficient (Wildman–Crippen LogP) is 5.65. The fourth-order valence-electron chi connectivity index (χ4n) is 3.22. The predicted molar refractivity (Wildman–Crippen MR) is 118 cm³/mol. The number of methoxy groups -OCH3 is 1. The number of sulfone groups is 1. The number of ketones is 1. The fourth-order valence-corrected chi connectivity index (χ4v) is 5.27. The molecule has 1 heterocycles. The highest BCUT2D eigenvalue weighted by Gasteiger charge is 2.36. The molecule has 0 aromatic heterocycles. The van der Waals surface area contributed by atoms with Crippen LogP contribution >= 0.6 is 23.2 Å². The van der Waals surface area contributed by atoms with Crippen LogP contribution in [-0.2, 0) is 9.84 Å². The number of hydrogen-bond acceptors (Lipinski definition) is 5. The molecule has 152 valence electrons. The van der Waals surface area contributed by atoms with Gasteiger partial charge in [0.2, 0.25) is 15.6 Å². The van der Waals surface area contributed by atoms with Crippen LogP contribution in [0.3, 0.4) is 0 Å². The Bertz CT molecular complexity index is 1260. The van der Waals surface area contributed by atoms with Crippen LogP contribution in [0.5, 0.6) is 5.75 Å². The summed E-state index contributed by atoms with van der Waals surface area (Å²) < 4.78 is 31.6. The van der Waals surface area contributed by atoms with Gasteiger partial charge in [-0.2, -0.15) is 0 Å². The third-order valence-electron chi connectivity index (χ3n) is 4.65. The Labute approximate surface area is 184 Å². The Morgan fingerprint density at radius 3 is 2.20 bits per heavy atom. The van der Waals surface area contributed by atoms with Gasteiger partial charge in [-0.15, -0.1) is 0 Å². The molecule has 30 heavy (non-hydrogen) atoms. The average molecular weight is 460 g/mol. The Morgan fingerprint density at radius 1 is 0.933 bits per heavy atom. The van der Waals surface area contributed by atoms with E-state index in [2.05, 4.69) is 0 Å². The number of anilines is 2. The number of carbonyl (C=O) groups is 1. The number of halogens is 2. The summed E-state index contributed by atoms with van der Waals surface area (Å²) >= 11 is 12.3. The number of ether oxygens (including phenoxy) is 1. The molecule has 1 aliphatic rings. The molecule has 0 radical (unpaired) electrons. The van der Waals surface area contributed by atoms with Crippen molar-refractivity contribution in [1.29, 1.82) is 0 Å². The molecule has 0 bridgehead atoms. The average Bonchev–Trinajstić information content (AvgIpc) is 2.73. The summed E-state index contributed by atoms with van der Waals surface area (Å²) in [7, 11) is -2.52. The van der Waals surface area contributed by atoms with Crippen molar-refractivity contribution in [3.05, 3.63) is 93.4 Å². The van der Waals surface area contributed by atoms with E-state index in [1.807, 2.05) is 0 Å². The van der Waals surface area contributed by atoms with E-state index in [0.29, 0.717) is 27.2 Å². The molecular weight excluding hydrogens is 445 g/mol. The van der Waals surface area contributed by atoms with E-state index in [9.17, 15) is 13.2 Å². The molecule has 0 N–H and O–H groups in total. The van der Waals surface area contributed by atoms with E-state index in [1.165, 1.54) is 31.5 Å². The summed E-state index contributed by atoms with van der Waals surface area (Å²) in [6.07, 6.45) is 1.31. The summed E-state index contributed by atoms with van der Waals surface area (Å²) in [6.45, 7) is 0. The van der Waals surface area contributed by atoms with Crippen molar-refractivity contribution in [2.24, 2.45) is 0 Å². The van der Waals surface area contributed by atoms with E-state index in [-0.39, 0.29) is 15.4 Å². The lowest BCUT2D eigenvalue weighted by atomic mass is 10.1. The summed E-state index contributed by atoms with van der Waals surface area (Å²) in [5.74, 6) is -0.0575. The van der Waals surface area contributed by atoms with Gasteiger partial charge in [-0.25, -0.2) is 8.42 Å². The molecule has 3 aromatic rings. The van der Waals surface area contributed by atoms with Gasteiger partial charge in [0.1, 0.15) is 10.7 Å². The zero-order chi connectivity index (χ0) is 21.5. The maximum Gasteiger partial charge on any atom is 0.214 e. The van der Waals surface area contributed by atoms with E-state index in [4.69, 9.17) is 27.9 Å². The first-order valence-electron chi connectivity index (χ1n) is 8.81. The quantitative estimate of drug-likeness (QED) is 0.471. The molecule has 0 aliphatic carbocycles. The van der Waals surface area contributed by atoms with Crippen molar-refractivity contribution >= 4 is 50.2 Å². The Morgan fingerprint density at radius 2 is 1.57 bits per heavy atom. The van der Waals surface area contributed by atoms with Crippen molar-refractivity contribution in [3.63, 3.8) is 0 Å². The molecule has 8 heteroatoms. The number of carbonyl (C=O) groups excluding carboxylic acids is 1. The van der Waals surface area contributed by atoms with E-state index < -0.39 is 15.6 Å². The zero-order valence-electron chi connectivity index (χ0n) is 15.7. The van der Waals surface area contributed by atoms with Crippen LogP contribution in [-0.4, -0.2) is 21.3 Å². The third-order valence-corrected chi connectivity index (χ3v) is 6.88. The van der Waals surface area contributed by atoms with Crippen LogP contribution < -0.4 is 9.64 Å². The molecule has 0 saturated carbocycles. The number of benzene rings is 3. The number of fused-ring (bicyclic) bond motifs is 1. The van der Waals surface area contributed by atoms with Gasteiger partial charge < -0.3 is 9.64 Å². The van der Waals surface area contributed by atoms with Crippen molar-refractivity contribution in [2.45, 2.75) is 4.90 Å². The maximum atomic E-state index is 13.3. The second-order valence-corrected chi connectivity index (χ2v) is 9.28. The molecule has 5 nitrogen and oxygen atoms in total. The van der Waals surface area contributed by atoms with Crippen LogP contribution in [0.1, 0.15) is 10.4 Å². The number of hydrogen-bond donors (Lipinski definition) is 0. The Kier molecular flexibility index (Phi) is 5.32. The molecule has 0 atom stereocenters. The van der Waals surface area contributed by atoms with Crippen LogP contribution in [0.25, 0.3) is 0 Å². The van der Waals surface area contributed by atoms with Crippen molar-refractivity contribution in [3.8, 4) is 5.75 Å². The highest BCUT2D eigenvalue weighted by molar-refractivity contribution is 7.96. The second kappa shape index (κ2) is 7.80. The summed E-state index contributed by atoms with van der Waals surface area (Å²) in [6, 6.07) is 17.6. The fraction of sp³-hybridized carbons (Fsp3) is 0.0455. The van der Waals surface area contributed by atoms with Gasteiger partial charge in [-0.3, -0.25) is 4.79 Å². The van der Waals surface area contributed by atoms with E-state index in [1.54, 1.807) is 53.4 Å². The monoisotopic (exact) mass is 459 g/mol. The largest absolute Gasteiger partial charge is 0.497 e. The van der Waals surface area contributed by atoms with Gasteiger partial charge >= 0.3 is 0 Å². The van der Waals surface area contributed by atoms with Gasteiger partial charge in [-0.1, -0.05) is 35.3 Å². The van der Waals surface area contributed by atoms with E-state index >= 15 is 0 Å². The van der Waals surface area contributed by atoms with Gasteiger partial charge in [0.15, 0.2) is 0 Å². The van der Waals surface area contributed by atoms with Crippen LogP contribution in [0.15, 0.2) is 82.7 Å². The van der Waals surface area contributed by atoms with Crippen LogP contribution in [0.2, 0.25) is 10.0 Å². The molecule has 0 fully saturated rings. The molecule has 0 unspecified atom stereocenters. The summed E-state index contributed by atoms with van der Waals surface area (Å²) in [5.41, 5.74) is 1.17. The number of Topliss-reactive ketones (excluding diaryl/α,β-unsaturated/α-hetero) is 1. The first kappa shape index (κ1) is 20.5. The molecule has 1 aliphatic heterocycles. The van der Waals surface area contributed by atoms with Crippen molar-refractivity contribution in [1.82, 2.24) is 0 Å². The minimum absolute atomic E-state index is 0.0282. The van der Waals surface area contributed by atoms with Gasteiger partial charge in [0.25, 0.3) is 0 Å². The molecule has 0 amide bonds. The number of rotatable bonds is 4. The molecule has 4 rings (SSSR count). The number of allylic oxidation sites excluding steroid dienone is 1. The second-order valence-electron chi connectivity index (χ2n) is 6.52. The highest BCUT2D eigenvalue weighted by Crippen LogP contribution is 2.41. The van der Waals surface area contributed by atoms with Crippen molar-refractivity contribution in [2.75, 3.05) is 12.0 Å². The first-order valence-corrected chi connectivity index (χ1v) is 11.0. The maximum absolute atomic E-state index is 13.3. The Balaban J connectivity index is 1.90. The topological polar surface area (TPSA) is 63.7 Å². The van der Waals surface area contributed by atoms with Crippen LogP contribution in [0, 0.1) is 0 Å². The van der Waals surface area contributed by atoms with Gasteiger partial charge in [-0.05, 0) is 54.6 Å². The van der Waals surface area contributed by atoms with Gasteiger partial charge in [0.05, 0.1) is 17.7 Å². The van der Waals surface area contributed by atoms with Crippen molar-refractivity contribution < 1.29 is 17.9 Å². The number of para-hydroxylation sites is 1. The van der Waals surface area contributed by atoms with Gasteiger partial charge in [0, 0.05) is 27.5 Å². The first-order chi connectivity index (χ1) is 14.3. The number of nitrogens with zero attached hydrogens (tertiary/aromatic N) is 1. The lowest BCUT2D eigenvalue weighted by Gasteiger charge is -2.29. The minimum Gasteiger partial charge on any atom is -0.497 e. The lowest BCUT2D eigenvalue weighted by Crippen LogP contribution is -2.25. The smallest absolute Gasteiger partial charge is 0.214 e. The molecule has 3 aromatic carbocycles. The summed E-state index contributed by atoms with van der Waals surface area (Å²) in [4.78, 5) is 14.5.